The number of allylic oxidation sites excluding steroid dienone is 1. The van der Waals surface area contributed by atoms with Crippen LogP contribution in [0.15, 0.2) is 37.0 Å². The van der Waals surface area contributed by atoms with Crippen LogP contribution in [0.1, 0.15) is 74.1 Å². The van der Waals surface area contributed by atoms with Crippen molar-refractivity contribution in [2.45, 2.75) is 111 Å². The smallest absolute Gasteiger partial charge is 0.306 e. The van der Waals surface area contributed by atoms with Crippen molar-refractivity contribution >= 4 is 14.3 Å². The van der Waals surface area contributed by atoms with Gasteiger partial charge < -0.3 is 13.9 Å². The van der Waals surface area contributed by atoms with E-state index in [4.69, 9.17) is 13.9 Å². The number of ether oxygens (including phenoxy) is 2. The van der Waals surface area contributed by atoms with Crippen LogP contribution >= 0.6 is 0 Å². The molecule has 0 saturated carbocycles. The van der Waals surface area contributed by atoms with E-state index in [1.807, 2.05) is 19.1 Å². The number of hydrogen-bond donors (Lipinski definition) is 0. The molecule has 186 valence electrons. The Kier molecular flexibility index (Phi) is 13.6. The number of hydrogen-bond acceptors (Lipinski definition) is 4. The van der Waals surface area contributed by atoms with Crippen LogP contribution in [0.2, 0.25) is 18.1 Å². The van der Waals surface area contributed by atoms with E-state index in [1.54, 1.807) is 7.11 Å². The first-order valence-electron chi connectivity index (χ1n) is 12.0. The summed E-state index contributed by atoms with van der Waals surface area (Å²) in [4.78, 5) is 12.4. The molecular weight excluding hydrogens is 416 g/mol. The fourth-order valence-electron chi connectivity index (χ4n) is 3.47. The summed E-state index contributed by atoms with van der Waals surface area (Å²) in [6, 6.07) is 0. The van der Waals surface area contributed by atoms with E-state index in [1.165, 1.54) is 0 Å². The Morgan fingerprint density at radius 3 is 2.12 bits per heavy atom. The van der Waals surface area contributed by atoms with Gasteiger partial charge in [0, 0.05) is 19.4 Å². The van der Waals surface area contributed by atoms with Crippen LogP contribution in [0, 0.1) is 11.8 Å². The van der Waals surface area contributed by atoms with E-state index in [9.17, 15) is 4.79 Å². The number of unbranched alkanes of at least 4 members (excludes halogenated alkanes) is 2. The predicted octanol–water partition coefficient (Wildman–Crippen LogP) is 7.47. The summed E-state index contributed by atoms with van der Waals surface area (Å²) in [6.07, 6.45) is 8.43. The van der Waals surface area contributed by atoms with Gasteiger partial charge in [-0.05, 0) is 55.8 Å². The van der Waals surface area contributed by atoms with E-state index in [-0.39, 0.29) is 41.2 Å². The van der Waals surface area contributed by atoms with Crippen molar-refractivity contribution in [2.75, 3.05) is 7.11 Å². The topological polar surface area (TPSA) is 44.8 Å². The minimum absolute atomic E-state index is 0.0691. The van der Waals surface area contributed by atoms with Crippen molar-refractivity contribution in [3.63, 3.8) is 0 Å². The number of rotatable bonds is 15. The second-order valence-electron chi connectivity index (χ2n) is 10.7. The maximum atomic E-state index is 12.4. The van der Waals surface area contributed by atoms with Crippen LogP contribution in [0.3, 0.4) is 0 Å². The largest absolute Gasteiger partial charge is 0.458 e. The second-order valence-corrected chi connectivity index (χ2v) is 15.5. The second kappa shape index (κ2) is 14.2. The van der Waals surface area contributed by atoms with Gasteiger partial charge in [-0.15, -0.1) is 13.2 Å². The molecule has 0 amide bonds. The Hall–Kier alpha value is -1.17. The van der Waals surface area contributed by atoms with Gasteiger partial charge in [0.15, 0.2) is 8.32 Å². The third kappa shape index (κ3) is 10.2. The van der Waals surface area contributed by atoms with Gasteiger partial charge in [-0.2, -0.15) is 0 Å². The molecule has 0 rings (SSSR count). The van der Waals surface area contributed by atoms with Crippen LogP contribution < -0.4 is 0 Å². The fraction of sp³-hybridized carbons (Fsp3) is 0.741. The number of carbonyl (C=O) groups excluding carboxylic acids is 1. The molecule has 0 N–H and O–H groups in total. The fourth-order valence-corrected chi connectivity index (χ4v) is 4.86. The van der Waals surface area contributed by atoms with Gasteiger partial charge in [-0.25, -0.2) is 0 Å². The molecule has 4 atom stereocenters. The van der Waals surface area contributed by atoms with Crippen molar-refractivity contribution in [2.24, 2.45) is 11.8 Å². The zero-order valence-electron chi connectivity index (χ0n) is 22.5. The molecule has 0 spiro atoms. The monoisotopic (exact) mass is 466 g/mol. The van der Waals surface area contributed by atoms with Crippen molar-refractivity contribution in [1.29, 1.82) is 0 Å². The summed E-state index contributed by atoms with van der Waals surface area (Å²) >= 11 is 0. The van der Waals surface area contributed by atoms with Crippen LogP contribution in [-0.4, -0.2) is 39.7 Å². The molecule has 0 aliphatic carbocycles. The van der Waals surface area contributed by atoms with Gasteiger partial charge in [0.05, 0.1) is 6.10 Å². The average molecular weight is 467 g/mol. The van der Waals surface area contributed by atoms with Gasteiger partial charge in [-0.3, -0.25) is 4.79 Å². The molecule has 2 unspecified atom stereocenters. The van der Waals surface area contributed by atoms with Gasteiger partial charge in [0.2, 0.25) is 0 Å². The van der Waals surface area contributed by atoms with Crippen molar-refractivity contribution in [3.8, 4) is 0 Å². The maximum Gasteiger partial charge on any atom is 0.306 e. The minimum atomic E-state index is -2.02. The van der Waals surface area contributed by atoms with Crippen LogP contribution in [0.25, 0.3) is 0 Å². The Morgan fingerprint density at radius 1 is 1.09 bits per heavy atom. The lowest BCUT2D eigenvalue weighted by Crippen LogP contribution is -2.49. The van der Waals surface area contributed by atoms with Crippen molar-refractivity contribution in [3.05, 3.63) is 37.0 Å². The molecule has 5 heteroatoms. The lowest BCUT2D eigenvalue weighted by atomic mass is 9.92. The van der Waals surface area contributed by atoms with Crippen LogP contribution in [0.5, 0.6) is 0 Å². The summed E-state index contributed by atoms with van der Waals surface area (Å²) < 4.78 is 18.4. The Balaban J connectivity index is 5.61. The first-order valence-corrected chi connectivity index (χ1v) is 14.9. The third-order valence-corrected chi connectivity index (χ3v) is 10.9. The Morgan fingerprint density at radius 2 is 1.69 bits per heavy atom. The summed E-state index contributed by atoms with van der Waals surface area (Å²) in [5.74, 6) is 0.121. The van der Waals surface area contributed by atoms with Gasteiger partial charge in [-0.1, -0.05) is 59.8 Å². The highest BCUT2D eigenvalue weighted by Crippen LogP contribution is 2.39. The number of carbonyl (C=O) groups is 1. The van der Waals surface area contributed by atoms with E-state index < -0.39 is 8.32 Å². The van der Waals surface area contributed by atoms with E-state index in [0.717, 1.165) is 24.8 Å². The highest BCUT2D eigenvalue weighted by molar-refractivity contribution is 6.74. The molecule has 0 saturated heterocycles. The zero-order chi connectivity index (χ0) is 25.1. The minimum Gasteiger partial charge on any atom is -0.458 e. The van der Waals surface area contributed by atoms with E-state index in [0.29, 0.717) is 6.42 Å². The molecule has 0 bridgehead atoms. The Labute approximate surface area is 199 Å². The number of esters is 1. The zero-order valence-corrected chi connectivity index (χ0v) is 23.5. The van der Waals surface area contributed by atoms with Crippen LogP contribution in [-0.2, 0) is 18.7 Å². The lowest BCUT2D eigenvalue weighted by molar-refractivity contribution is -0.149. The molecule has 0 aromatic heterocycles. The Bertz CT molecular complexity index is 616. The molecule has 0 aromatic carbocycles. The van der Waals surface area contributed by atoms with Gasteiger partial charge in [0.25, 0.3) is 0 Å². The maximum absolute atomic E-state index is 12.4. The molecular formula is C27H50O4Si. The molecule has 0 radical (unpaired) electrons. The van der Waals surface area contributed by atoms with Crippen molar-refractivity contribution < 1.29 is 18.7 Å². The average Bonchev–Trinajstić information content (AvgIpc) is 2.68. The SMILES string of the molecule is C=CCCCCC(=O)OC(C(C)=CC(C)[C@H](O[Si](C)(C)C(C)(C)C)[C@H](C=C)OC)C(C)C. The van der Waals surface area contributed by atoms with E-state index >= 15 is 0 Å². The first kappa shape index (κ1) is 30.8. The van der Waals surface area contributed by atoms with Crippen molar-refractivity contribution in [1.82, 2.24) is 0 Å². The standard InChI is InChI=1S/C27H50O4Si/c1-13-15-16-17-18-24(28)30-25(20(3)4)21(5)19-22(6)26(23(14-2)29-10)31-32(11,12)27(7,8)9/h13-14,19-20,22-23,25-26H,1-2,15-18H2,3-12H3/t22?,23-,25?,26-/m0/s1. The van der Waals surface area contributed by atoms with Gasteiger partial charge in [0.1, 0.15) is 12.2 Å². The lowest BCUT2D eigenvalue weighted by Gasteiger charge is -2.42. The number of methoxy groups -OCH3 is 1. The molecule has 0 aliphatic rings. The molecule has 0 heterocycles. The summed E-state index contributed by atoms with van der Waals surface area (Å²) in [5.41, 5.74) is 1.05. The van der Waals surface area contributed by atoms with Gasteiger partial charge >= 0.3 is 5.97 Å². The normalized spacial score (nSPS) is 16.9. The molecule has 0 aromatic rings. The summed E-state index contributed by atoms with van der Waals surface area (Å²) in [5, 5.41) is 0.0881. The highest BCUT2D eigenvalue weighted by Gasteiger charge is 2.41. The van der Waals surface area contributed by atoms with Crippen LogP contribution in [0.4, 0.5) is 0 Å². The third-order valence-electron chi connectivity index (χ3n) is 6.46. The summed E-state index contributed by atoms with van der Waals surface area (Å²) in [7, 11) is -0.326. The molecule has 4 nitrogen and oxygen atoms in total. The predicted molar refractivity (Wildman–Crippen MR) is 139 cm³/mol. The molecule has 32 heavy (non-hydrogen) atoms. The quantitative estimate of drug-likeness (QED) is 0.109. The molecule has 0 aliphatic heterocycles. The van der Waals surface area contributed by atoms with E-state index in [2.05, 4.69) is 73.9 Å². The first-order chi connectivity index (χ1) is 14.7. The summed E-state index contributed by atoms with van der Waals surface area (Å²) in [6.45, 7) is 27.3. The molecule has 0 fully saturated rings. The highest BCUT2D eigenvalue weighted by atomic mass is 28.4.